The fourth-order valence-electron chi connectivity index (χ4n) is 0.654. The van der Waals surface area contributed by atoms with Crippen LogP contribution in [0.2, 0.25) is 0 Å². The molecule has 0 aliphatic rings. The summed E-state index contributed by atoms with van der Waals surface area (Å²) >= 11 is 0. The van der Waals surface area contributed by atoms with Gasteiger partial charge in [0.05, 0.1) is 12.7 Å². The van der Waals surface area contributed by atoms with E-state index in [-0.39, 0.29) is 19.3 Å². The zero-order valence-corrected chi connectivity index (χ0v) is 8.41. The van der Waals surface area contributed by atoms with Crippen molar-refractivity contribution in [3.8, 4) is 0 Å². The molecule has 0 spiro atoms. The molecule has 0 bridgehead atoms. The summed E-state index contributed by atoms with van der Waals surface area (Å²) in [4.78, 5) is 21.1. The second-order valence-electron chi connectivity index (χ2n) is 2.90. The SMILES string of the molecule is CC(C)OC(=O)NCCOCC(N)=O. The number of carbonyl (C=O) groups excluding carboxylic acids is 2. The molecule has 0 aromatic heterocycles. The molecule has 82 valence electrons. The summed E-state index contributed by atoms with van der Waals surface area (Å²) in [6, 6.07) is 0. The van der Waals surface area contributed by atoms with Crippen molar-refractivity contribution in [2.24, 2.45) is 5.73 Å². The summed E-state index contributed by atoms with van der Waals surface area (Å²) in [5.74, 6) is -0.533. The van der Waals surface area contributed by atoms with Crippen LogP contribution in [0.3, 0.4) is 0 Å². The molecule has 6 heteroatoms. The number of primary amides is 1. The number of nitrogens with two attached hydrogens (primary N) is 1. The van der Waals surface area contributed by atoms with Crippen LogP contribution in [-0.2, 0) is 14.3 Å². The van der Waals surface area contributed by atoms with Crippen LogP contribution in [0.25, 0.3) is 0 Å². The molecule has 0 aliphatic carbocycles. The molecule has 0 radical (unpaired) electrons. The minimum atomic E-state index is -0.533. The van der Waals surface area contributed by atoms with E-state index in [1.54, 1.807) is 13.8 Å². The zero-order chi connectivity index (χ0) is 11.0. The summed E-state index contributed by atoms with van der Waals surface area (Å²) in [6.45, 7) is 3.89. The van der Waals surface area contributed by atoms with E-state index in [0.717, 1.165) is 0 Å². The molecule has 0 aromatic carbocycles. The Labute approximate surface area is 82.7 Å². The van der Waals surface area contributed by atoms with Crippen molar-refractivity contribution in [2.45, 2.75) is 20.0 Å². The number of nitrogens with one attached hydrogen (secondary N) is 1. The van der Waals surface area contributed by atoms with Gasteiger partial charge in [-0.2, -0.15) is 0 Å². The number of carbonyl (C=O) groups is 2. The third-order valence-electron chi connectivity index (χ3n) is 1.10. The highest BCUT2D eigenvalue weighted by molar-refractivity contribution is 5.75. The number of hydrogen-bond donors (Lipinski definition) is 2. The Bertz CT molecular complexity index is 194. The van der Waals surface area contributed by atoms with E-state index in [2.05, 4.69) is 5.32 Å². The van der Waals surface area contributed by atoms with E-state index >= 15 is 0 Å². The average Bonchev–Trinajstić information content (AvgIpc) is 2.01. The minimum Gasteiger partial charge on any atom is -0.447 e. The molecule has 0 aromatic rings. The number of amides is 2. The molecular formula is C8H16N2O4. The third kappa shape index (κ3) is 8.79. The average molecular weight is 204 g/mol. The Morgan fingerprint density at radius 2 is 2.07 bits per heavy atom. The van der Waals surface area contributed by atoms with Crippen molar-refractivity contribution in [1.82, 2.24) is 5.32 Å². The van der Waals surface area contributed by atoms with Crippen molar-refractivity contribution in [2.75, 3.05) is 19.8 Å². The van der Waals surface area contributed by atoms with Gasteiger partial charge in [-0.1, -0.05) is 0 Å². The number of ether oxygens (including phenoxy) is 2. The Balaban J connectivity index is 3.27. The maximum absolute atomic E-state index is 10.9. The van der Waals surface area contributed by atoms with E-state index in [1.807, 2.05) is 0 Å². The largest absolute Gasteiger partial charge is 0.447 e. The fraction of sp³-hybridized carbons (Fsp3) is 0.750. The van der Waals surface area contributed by atoms with Gasteiger partial charge in [0.1, 0.15) is 6.61 Å². The lowest BCUT2D eigenvalue weighted by Crippen LogP contribution is -2.30. The first-order valence-corrected chi connectivity index (χ1v) is 4.33. The smallest absolute Gasteiger partial charge is 0.407 e. The normalized spacial score (nSPS) is 9.93. The second kappa shape index (κ2) is 7.14. The van der Waals surface area contributed by atoms with Crippen molar-refractivity contribution in [3.63, 3.8) is 0 Å². The van der Waals surface area contributed by atoms with Crippen LogP contribution in [0.5, 0.6) is 0 Å². The van der Waals surface area contributed by atoms with Gasteiger partial charge in [-0.3, -0.25) is 4.79 Å². The molecule has 0 unspecified atom stereocenters. The molecule has 14 heavy (non-hydrogen) atoms. The second-order valence-corrected chi connectivity index (χ2v) is 2.90. The van der Waals surface area contributed by atoms with Gasteiger partial charge >= 0.3 is 6.09 Å². The van der Waals surface area contributed by atoms with Gasteiger partial charge in [-0.05, 0) is 13.8 Å². The van der Waals surface area contributed by atoms with Gasteiger partial charge in [0.2, 0.25) is 5.91 Å². The Morgan fingerprint density at radius 3 is 2.57 bits per heavy atom. The Morgan fingerprint density at radius 1 is 1.43 bits per heavy atom. The lowest BCUT2D eigenvalue weighted by atomic mass is 10.5. The van der Waals surface area contributed by atoms with Crippen LogP contribution in [0.1, 0.15) is 13.8 Å². The minimum absolute atomic E-state index is 0.138. The third-order valence-corrected chi connectivity index (χ3v) is 1.10. The summed E-state index contributed by atoms with van der Waals surface area (Å²) in [5, 5.41) is 2.45. The highest BCUT2D eigenvalue weighted by Crippen LogP contribution is 1.87. The van der Waals surface area contributed by atoms with E-state index in [9.17, 15) is 9.59 Å². The molecule has 3 N–H and O–H groups in total. The molecule has 0 fully saturated rings. The summed E-state index contributed by atoms with van der Waals surface area (Å²) in [6.07, 6.45) is -0.649. The topological polar surface area (TPSA) is 90.7 Å². The van der Waals surface area contributed by atoms with E-state index in [0.29, 0.717) is 6.54 Å². The Kier molecular flexibility index (Phi) is 6.47. The fourth-order valence-corrected chi connectivity index (χ4v) is 0.654. The first-order chi connectivity index (χ1) is 6.52. The van der Waals surface area contributed by atoms with Crippen LogP contribution in [-0.4, -0.2) is 37.9 Å². The molecule has 0 rings (SSSR count). The molecule has 2 amide bonds. The number of hydrogen-bond acceptors (Lipinski definition) is 4. The zero-order valence-electron chi connectivity index (χ0n) is 8.41. The highest BCUT2D eigenvalue weighted by atomic mass is 16.6. The van der Waals surface area contributed by atoms with Crippen LogP contribution >= 0.6 is 0 Å². The molecule has 0 aliphatic heterocycles. The van der Waals surface area contributed by atoms with Crippen LogP contribution in [0.15, 0.2) is 0 Å². The lowest BCUT2D eigenvalue weighted by Gasteiger charge is -2.09. The van der Waals surface area contributed by atoms with E-state index in [1.165, 1.54) is 0 Å². The van der Waals surface area contributed by atoms with Crippen molar-refractivity contribution < 1.29 is 19.1 Å². The van der Waals surface area contributed by atoms with Crippen LogP contribution in [0.4, 0.5) is 4.79 Å². The van der Waals surface area contributed by atoms with Gasteiger partial charge in [-0.15, -0.1) is 0 Å². The van der Waals surface area contributed by atoms with Gasteiger partial charge in [0.15, 0.2) is 0 Å². The first kappa shape index (κ1) is 12.7. The molecule has 0 heterocycles. The summed E-state index contributed by atoms with van der Waals surface area (Å²) < 4.78 is 9.59. The maximum atomic E-state index is 10.9. The van der Waals surface area contributed by atoms with Crippen molar-refractivity contribution >= 4 is 12.0 Å². The van der Waals surface area contributed by atoms with Gasteiger partial charge in [-0.25, -0.2) is 4.79 Å². The monoisotopic (exact) mass is 204 g/mol. The van der Waals surface area contributed by atoms with Crippen molar-refractivity contribution in [3.05, 3.63) is 0 Å². The highest BCUT2D eigenvalue weighted by Gasteiger charge is 2.03. The lowest BCUT2D eigenvalue weighted by molar-refractivity contribution is -0.122. The van der Waals surface area contributed by atoms with Crippen LogP contribution < -0.4 is 11.1 Å². The predicted octanol–water partition coefficient (Wildman–Crippen LogP) is -0.377. The first-order valence-electron chi connectivity index (χ1n) is 4.33. The number of alkyl carbamates (subject to hydrolysis) is 1. The summed E-state index contributed by atoms with van der Waals surface area (Å²) in [7, 11) is 0. The summed E-state index contributed by atoms with van der Waals surface area (Å²) in [5.41, 5.74) is 4.82. The van der Waals surface area contributed by atoms with Gasteiger partial charge in [0.25, 0.3) is 0 Å². The van der Waals surface area contributed by atoms with E-state index < -0.39 is 12.0 Å². The predicted molar refractivity (Wildman–Crippen MR) is 49.6 cm³/mol. The van der Waals surface area contributed by atoms with E-state index in [4.69, 9.17) is 15.2 Å². The number of rotatable bonds is 6. The van der Waals surface area contributed by atoms with Gasteiger partial charge < -0.3 is 20.5 Å². The van der Waals surface area contributed by atoms with Gasteiger partial charge in [0, 0.05) is 6.54 Å². The molecule has 6 nitrogen and oxygen atoms in total. The Hall–Kier alpha value is -1.30. The standard InChI is InChI=1S/C8H16N2O4/c1-6(2)14-8(12)10-3-4-13-5-7(9)11/h6H,3-5H2,1-2H3,(H2,9,11)(H,10,12). The molecule has 0 saturated heterocycles. The van der Waals surface area contributed by atoms with Crippen LogP contribution in [0, 0.1) is 0 Å². The molecular weight excluding hydrogens is 188 g/mol. The van der Waals surface area contributed by atoms with Crippen molar-refractivity contribution in [1.29, 1.82) is 0 Å². The molecule has 0 saturated carbocycles. The maximum Gasteiger partial charge on any atom is 0.407 e. The quantitative estimate of drug-likeness (QED) is 0.577. The molecule has 0 atom stereocenters.